The number of nitrogens with zero attached hydrogens (tertiary/aromatic N) is 2. The van der Waals surface area contributed by atoms with Gasteiger partial charge in [-0.15, -0.1) is 0 Å². The van der Waals surface area contributed by atoms with Gasteiger partial charge in [0.2, 0.25) is 0 Å². The maximum atomic E-state index is 12.1. The van der Waals surface area contributed by atoms with Crippen molar-refractivity contribution in [3.05, 3.63) is 81.9 Å². The molecule has 3 nitrogen and oxygen atoms in total. The normalized spacial score (nSPS) is 10.8. The summed E-state index contributed by atoms with van der Waals surface area (Å²) in [5, 5.41) is 0. The summed E-state index contributed by atoms with van der Waals surface area (Å²) in [5.41, 5.74) is 3.43. The van der Waals surface area contributed by atoms with E-state index in [0.717, 1.165) is 16.8 Å². The number of hydrogen-bond donors (Lipinski definition) is 0. The minimum absolute atomic E-state index is 0.141. The molecule has 0 spiro atoms. The van der Waals surface area contributed by atoms with Crippen molar-refractivity contribution in [1.29, 1.82) is 0 Å². The molecule has 0 saturated carbocycles. The highest BCUT2D eigenvalue weighted by molar-refractivity contribution is 5.46. The van der Waals surface area contributed by atoms with Crippen LogP contribution in [0.5, 0.6) is 0 Å². The standard InChI is InChI=1S/C16H14N2O/c1-12-6-5-9-18-11-14(16(19)17-15(12)18)10-13-7-3-2-4-8-13/h2-9,11H,10H2,1H3. The van der Waals surface area contributed by atoms with E-state index in [-0.39, 0.29) is 5.56 Å². The van der Waals surface area contributed by atoms with Crippen molar-refractivity contribution in [1.82, 2.24) is 9.38 Å². The first-order valence-corrected chi connectivity index (χ1v) is 6.25. The van der Waals surface area contributed by atoms with Crippen LogP contribution in [0.3, 0.4) is 0 Å². The number of hydrogen-bond acceptors (Lipinski definition) is 2. The first-order valence-electron chi connectivity index (χ1n) is 6.25. The summed E-state index contributed by atoms with van der Waals surface area (Å²) in [7, 11) is 0. The highest BCUT2D eigenvalue weighted by Crippen LogP contribution is 2.09. The molecule has 2 heterocycles. The summed E-state index contributed by atoms with van der Waals surface area (Å²) >= 11 is 0. The van der Waals surface area contributed by atoms with Gasteiger partial charge < -0.3 is 4.40 Å². The lowest BCUT2D eigenvalue weighted by Crippen LogP contribution is -2.16. The molecule has 0 aliphatic rings. The van der Waals surface area contributed by atoms with E-state index in [1.165, 1.54) is 0 Å². The molecule has 3 rings (SSSR count). The Morgan fingerprint density at radius 2 is 1.89 bits per heavy atom. The van der Waals surface area contributed by atoms with Crippen LogP contribution in [0.4, 0.5) is 0 Å². The summed E-state index contributed by atoms with van der Waals surface area (Å²) in [6, 6.07) is 13.9. The molecule has 19 heavy (non-hydrogen) atoms. The third-order valence-electron chi connectivity index (χ3n) is 3.20. The van der Waals surface area contributed by atoms with E-state index in [1.807, 2.05) is 66.2 Å². The van der Waals surface area contributed by atoms with Gasteiger partial charge in [0.15, 0.2) is 0 Å². The molecule has 94 valence electrons. The number of aromatic nitrogens is 2. The molecule has 3 heteroatoms. The predicted octanol–water partition coefficient (Wildman–Crippen LogP) is 2.59. The maximum Gasteiger partial charge on any atom is 0.276 e. The van der Waals surface area contributed by atoms with Crippen LogP contribution < -0.4 is 5.56 Å². The van der Waals surface area contributed by atoms with Gasteiger partial charge in [-0.1, -0.05) is 36.4 Å². The fourth-order valence-electron chi connectivity index (χ4n) is 2.21. The molecule has 0 aliphatic heterocycles. The van der Waals surface area contributed by atoms with Crippen LogP contribution >= 0.6 is 0 Å². The highest BCUT2D eigenvalue weighted by atomic mass is 16.1. The van der Waals surface area contributed by atoms with Gasteiger partial charge in [-0.2, -0.15) is 4.98 Å². The fourth-order valence-corrected chi connectivity index (χ4v) is 2.21. The molecule has 0 unspecified atom stereocenters. The number of pyridine rings is 1. The molecule has 0 bridgehead atoms. The fraction of sp³-hybridized carbons (Fsp3) is 0.125. The first kappa shape index (κ1) is 11.7. The van der Waals surface area contributed by atoms with E-state index in [9.17, 15) is 4.79 Å². The van der Waals surface area contributed by atoms with Crippen molar-refractivity contribution in [2.24, 2.45) is 0 Å². The zero-order valence-corrected chi connectivity index (χ0v) is 10.7. The molecule has 0 fully saturated rings. The van der Waals surface area contributed by atoms with Gasteiger partial charge in [0, 0.05) is 24.4 Å². The largest absolute Gasteiger partial charge is 0.308 e. The van der Waals surface area contributed by atoms with Gasteiger partial charge in [-0.25, -0.2) is 0 Å². The van der Waals surface area contributed by atoms with E-state index in [1.54, 1.807) is 0 Å². The van der Waals surface area contributed by atoms with E-state index >= 15 is 0 Å². The first-order chi connectivity index (χ1) is 9.24. The lowest BCUT2D eigenvalue weighted by molar-refractivity contribution is 0.994. The molecule has 0 aliphatic carbocycles. The summed E-state index contributed by atoms with van der Waals surface area (Å²) < 4.78 is 1.91. The van der Waals surface area contributed by atoms with Crippen LogP contribution in [0.1, 0.15) is 16.7 Å². The Hall–Kier alpha value is -2.42. The third kappa shape index (κ3) is 2.27. The van der Waals surface area contributed by atoms with E-state index < -0.39 is 0 Å². The maximum absolute atomic E-state index is 12.1. The lowest BCUT2D eigenvalue weighted by Gasteiger charge is -2.06. The average molecular weight is 250 g/mol. The Labute approximate surface area is 111 Å². The van der Waals surface area contributed by atoms with Gasteiger partial charge in [0.1, 0.15) is 5.65 Å². The van der Waals surface area contributed by atoms with Gasteiger partial charge in [0.05, 0.1) is 0 Å². The number of fused-ring (bicyclic) bond motifs is 1. The molecule has 0 atom stereocenters. The zero-order valence-electron chi connectivity index (χ0n) is 10.7. The summed E-state index contributed by atoms with van der Waals surface area (Å²) in [4.78, 5) is 16.2. The Morgan fingerprint density at radius 3 is 2.68 bits per heavy atom. The molecule has 2 aromatic heterocycles. The molecule has 1 aromatic carbocycles. The van der Waals surface area contributed by atoms with Crippen LogP contribution in [0.15, 0.2) is 59.7 Å². The molecule has 3 aromatic rings. The molecular weight excluding hydrogens is 236 g/mol. The predicted molar refractivity (Wildman–Crippen MR) is 75.4 cm³/mol. The Bertz CT molecular complexity index is 776. The second kappa shape index (κ2) is 4.69. The SMILES string of the molecule is Cc1cccn2cc(Cc3ccccc3)c(=O)nc12. The van der Waals surface area contributed by atoms with Crippen LogP contribution in [-0.2, 0) is 6.42 Å². The van der Waals surface area contributed by atoms with Crippen LogP contribution in [0.2, 0.25) is 0 Å². The summed E-state index contributed by atoms with van der Waals surface area (Å²) in [6.07, 6.45) is 4.41. The van der Waals surface area contributed by atoms with Crippen molar-refractivity contribution < 1.29 is 0 Å². The van der Waals surface area contributed by atoms with Gasteiger partial charge in [-0.05, 0) is 24.1 Å². The van der Waals surface area contributed by atoms with Crippen LogP contribution in [0.25, 0.3) is 5.65 Å². The lowest BCUT2D eigenvalue weighted by atomic mass is 10.1. The van der Waals surface area contributed by atoms with Gasteiger partial charge in [0.25, 0.3) is 5.56 Å². The second-order valence-electron chi connectivity index (χ2n) is 4.66. The van der Waals surface area contributed by atoms with E-state index in [0.29, 0.717) is 12.0 Å². The Balaban J connectivity index is 2.10. The molecule has 0 saturated heterocycles. The van der Waals surface area contributed by atoms with Crippen LogP contribution in [0, 0.1) is 6.92 Å². The zero-order chi connectivity index (χ0) is 13.2. The average Bonchev–Trinajstić information content (AvgIpc) is 2.42. The summed E-state index contributed by atoms with van der Waals surface area (Å²) in [6.45, 7) is 1.96. The number of aryl methyl sites for hydroxylation is 1. The van der Waals surface area contributed by atoms with Crippen molar-refractivity contribution in [2.75, 3.05) is 0 Å². The summed E-state index contributed by atoms with van der Waals surface area (Å²) in [5.74, 6) is 0. The minimum Gasteiger partial charge on any atom is -0.308 e. The monoisotopic (exact) mass is 250 g/mol. The topological polar surface area (TPSA) is 34.4 Å². The number of benzene rings is 1. The minimum atomic E-state index is -0.141. The Morgan fingerprint density at radius 1 is 1.11 bits per heavy atom. The van der Waals surface area contributed by atoms with Crippen molar-refractivity contribution in [3.8, 4) is 0 Å². The quantitative estimate of drug-likeness (QED) is 0.700. The second-order valence-corrected chi connectivity index (χ2v) is 4.66. The van der Waals surface area contributed by atoms with Crippen molar-refractivity contribution in [2.45, 2.75) is 13.3 Å². The highest BCUT2D eigenvalue weighted by Gasteiger charge is 2.05. The molecule has 0 N–H and O–H groups in total. The smallest absolute Gasteiger partial charge is 0.276 e. The molecular formula is C16H14N2O. The van der Waals surface area contributed by atoms with Crippen LogP contribution in [-0.4, -0.2) is 9.38 Å². The van der Waals surface area contributed by atoms with E-state index in [2.05, 4.69) is 4.98 Å². The van der Waals surface area contributed by atoms with E-state index in [4.69, 9.17) is 0 Å². The number of rotatable bonds is 2. The third-order valence-corrected chi connectivity index (χ3v) is 3.20. The Kier molecular flexibility index (Phi) is 2.88. The van der Waals surface area contributed by atoms with Gasteiger partial charge >= 0.3 is 0 Å². The van der Waals surface area contributed by atoms with Gasteiger partial charge in [-0.3, -0.25) is 4.79 Å². The van der Waals surface area contributed by atoms with Crippen molar-refractivity contribution >= 4 is 5.65 Å². The van der Waals surface area contributed by atoms with Crippen molar-refractivity contribution in [3.63, 3.8) is 0 Å². The molecule has 0 amide bonds. The molecule has 0 radical (unpaired) electrons.